The summed E-state index contributed by atoms with van der Waals surface area (Å²) in [6.07, 6.45) is 6.15. The van der Waals surface area contributed by atoms with E-state index in [0.717, 1.165) is 25.3 Å². The first-order chi connectivity index (χ1) is 11.4. The molecule has 0 radical (unpaired) electrons. The van der Waals surface area contributed by atoms with E-state index in [1.807, 2.05) is 11.3 Å². The van der Waals surface area contributed by atoms with Crippen molar-refractivity contribution in [2.24, 2.45) is 9.98 Å². The number of thiophene rings is 1. The van der Waals surface area contributed by atoms with Gasteiger partial charge in [-0.15, -0.1) is 11.3 Å². The predicted octanol–water partition coefficient (Wildman–Crippen LogP) is 4.17. The van der Waals surface area contributed by atoms with Crippen molar-refractivity contribution in [3.63, 3.8) is 0 Å². The van der Waals surface area contributed by atoms with E-state index in [4.69, 9.17) is 9.98 Å². The van der Waals surface area contributed by atoms with Crippen LogP contribution in [-0.2, 0) is 12.8 Å². The average molecular weight is 321 g/mol. The Hall–Kier alpha value is -1.94. The zero-order chi connectivity index (χ0) is 15.2. The molecule has 1 aromatic carbocycles. The van der Waals surface area contributed by atoms with Crippen molar-refractivity contribution in [1.29, 1.82) is 0 Å². The minimum atomic E-state index is 0.942. The zero-order valence-corrected chi connectivity index (χ0v) is 13.9. The number of hydrogen-bond acceptors (Lipinski definition) is 4. The van der Waals surface area contributed by atoms with Gasteiger partial charge in [0.1, 0.15) is 16.7 Å². The molecule has 4 heteroatoms. The lowest BCUT2D eigenvalue weighted by Gasteiger charge is -2.34. The molecule has 3 aliphatic rings. The molecule has 1 aromatic heterocycles. The van der Waals surface area contributed by atoms with Gasteiger partial charge in [0, 0.05) is 23.5 Å². The van der Waals surface area contributed by atoms with Gasteiger partial charge in [-0.1, -0.05) is 30.3 Å². The van der Waals surface area contributed by atoms with Gasteiger partial charge < -0.3 is 4.90 Å². The Morgan fingerprint density at radius 2 is 1.83 bits per heavy atom. The maximum absolute atomic E-state index is 5.09. The van der Waals surface area contributed by atoms with Crippen molar-refractivity contribution < 1.29 is 0 Å². The van der Waals surface area contributed by atoms with E-state index >= 15 is 0 Å². The van der Waals surface area contributed by atoms with Crippen molar-refractivity contribution in [1.82, 2.24) is 4.90 Å². The third-order valence-electron chi connectivity index (χ3n) is 4.93. The van der Waals surface area contributed by atoms with Gasteiger partial charge in [-0.2, -0.15) is 0 Å². The van der Waals surface area contributed by atoms with Crippen LogP contribution in [0.4, 0.5) is 5.00 Å². The Balaban J connectivity index is 1.73. The summed E-state index contributed by atoms with van der Waals surface area (Å²) in [4.78, 5) is 13.9. The molecule has 0 bridgehead atoms. The Morgan fingerprint density at radius 1 is 0.957 bits per heavy atom. The van der Waals surface area contributed by atoms with E-state index in [9.17, 15) is 0 Å². The highest BCUT2D eigenvalue weighted by molar-refractivity contribution is 7.16. The summed E-state index contributed by atoms with van der Waals surface area (Å²) in [5.41, 5.74) is 4.08. The molecule has 1 aliphatic carbocycles. The fraction of sp³-hybridized carbons (Fsp3) is 0.368. The quantitative estimate of drug-likeness (QED) is 0.774. The molecule has 2 aromatic rings. The number of fused-ring (bicyclic) bond motifs is 5. The zero-order valence-electron chi connectivity index (χ0n) is 13.1. The fourth-order valence-electron chi connectivity index (χ4n) is 3.85. The molecule has 0 atom stereocenters. The topological polar surface area (TPSA) is 28.0 Å². The second kappa shape index (κ2) is 5.31. The summed E-state index contributed by atoms with van der Waals surface area (Å²) in [5, 5.41) is 1.19. The van der Waals surface area contributed by atoms with E-state index in [1.54, 1.807) is 4.88 Å². The van der Waals surface area contributed by atoms with E-state index in [1.165, 1.54) is 53.2 Å². The minimum Gasteiger partial charge on any atom is -0.310 e. The highest BCUT2D eigenvalue weighted by Gasteiger charge is 2.34. The van der Waals surface area contributed by atoms with Gasteiger partial charge in [0.05, 0.1) is 5.56 Å². The van der Waals surface area contributed by atoms with Crippen LogP contribution in [0.5, 0.6) is 0 Å². The van der Waals surface area contributed by atoms with E-state index < -0.39 is 0 Å². The third-order valence-corrected chi connectivity index (χ3v) is 6.11. The molecular weight excluding hydrogens is 302 g/mol. The molecule has 116 valence electrons. The molecule has 5 rings (SSSR count). The molecule has 23 heavy (non-hydrogen) atoms. The lowest BCUT2D eigenvalue weighted by atomic mass is 9.93. The molecule has 3 nitrogen and oxygen atoms in total. The number of aryl methyl sites for hydroxylation is 1. The van der Waals surface area contributed by atoms with Crippen LogP contribution >= 0.6 is 11.3 Å². The van der Waals surface area contributed by atoms with Gasteiger partial charge in [-0.25, -0.2) is 4.99 Å². The monoisotopic (exact) mass is 321 g/mol. The second-order valence-electron chi connectivity index (χ2n) is 6.40. The number of rotatable bonds is 1. The molecule has 0 saturated heterocycles. The van der Waals surface area contributed by atoms with Crippen molar-refractivity contribution >= 4 is 28.0 Å². The Labute approximate surface area is 140 Å². The van der Waals surface area contributed by atoms with Crippen LogP contribution in [0.15, 0.2) is 40.3 Å². The molecule has 0 amide bonds. The first kappa shape index (κ1) is 13.5. The summed E-state index contributed by atoms with van der Waals surface area (Å²) < 4.78 is 0. The number of nitrogens with zero attached hydrogens (tertiary/aromatic N) is 3. The van der Waals surface area contributed by atoms with Gasteiger partial charge >= 0.3 is 0 Å². The van der Waals surface area contributed by atoms with Crippen LogP contribution in [0.1, 0.15) is 40.8 Å². The van der Waals surface area contributed by atoms with Crippen LogP contribution < -0.4 is 0 Å². The van der Waals surface area contributed by atoms with Gasteiger partial charge in [0.15, 0.2) is 0 Å². The van der Waals surface area contributed by atoms with Crippen LogP contribution in [0, 0.1) is 0 Å². The maximum Gasteiger partial charge on any atom is 0.143 e. The van der Waals surface area contributed by atoms with Gasteiger partial charge in [-0.05, 0) is 37.7 Å². The highest BCUT2D eigenvalue weighted by atomic mass is 32.1. The van der Waals surface area contributed by atoms with Gasteiger partial charge in [-0.3, -0.25) is 4.99 Å². The normalized spacial score (nSPS) is 19.4. The molecule has 0 spiro atoms. The number of benzene rings is 1. The molecule has 2 aliphatic heterocycles. The van der Waals surface area contributed by atoms with Gasteiger partial charge in [0.25, 0.3) is 0 Å². The predicted molar refractivity (Wildman–Crippen MR) is 96.3 cm³/mol. The fourth-order valence-corrected chi connectivity index (χ4v) is 5.11. The summed E-state index contributed by atoms with van der Waals surface area (Å²) in [7, 11) is 0. The Kier molecular flexibility index (Phi) is 3.11. The van der Waals surface area contributed by atoms with Crippen LogP contribution in [0.25, 0.3) is 0 Å². The van der Waals surface area contributed by atoms with E-state index in [-0.39, 0.29) is 0 Å². The summed E-state index contributed by atoms with van der Waals surface area (Å²) in [6, 6.07) is 10.6. The molecular formula is C19H19N3S. The lowest BCUT2D eigenvalue weighted by Crippen LogP contribution is -2.43. The number of hydrogen-bond donors (Lipinski definition) is 0. The first-order valence-corrected chi connectivity index (χ1v) is 9.34. The average Bonchev–Trinajstić information content (AvgIpc) is 3.00. The largest absolute Gasteiger partial charge is 0.310 e. The Bertz CT molecular complexity index is 817. The van der Waals surface area contributed by atoms with Crippen LogP contribution in [-0.4, -0.2) is 29.7 Å². The van der Waals surface area contributed by atoms with Crippen molar-refractivity contribution in [2.45, 2.75) is 32.1 Å². The molecule has 0 N–H and O–H groups in total. The maximum atomic E-state index is 5.09. The SMILES string of the molecule is c1ccc(C2=Nc3sc4c(c3C3=NCCCN23)CCCC4)cc1. The third kappa shape index (κ3) is 2.08. The number of aliphatic imine (C=N–C) groups is 2. The molecule has 0 fully saturated rings. The summed E-state index contributed by atoms with van der Waals surface area (Å²) in [6.45, 7) is 1.97. The van der Waals surface area contributed by atoms with Crippen molar-refractivity contribution in [3.05, 3.63) is 51.9 Å². The smallest absolute Gasteiger partial charge is 0.143 e. The minimum absolute atomic E-state index is 0.942. The standard InChI is InChI=1S/C19H19N3S/c1-2-7-13(8-3-1)17-21-19-16(18-20-11-6-12-22(17)18)14-9-4-5-10-15(14)23-19/h1-3,7-8H,4-6,9-12H2. The molecule has 0 unspecified atom stereocenters. The highest BCUT2D eigenvalue weighted by Crippen LogP contribution is 2.43. The molecule has 3 heterocycles. The van der Waals surface area contributed by atoms with Crippen LogP contribution in [0.3, 0.4) is 0 Å². The Morgan fingerprint density at radius 3 is 2.74 bits per heavy atom. The first-order valence-electron chi connectivity index (χ1n) is 8.53. The van der Waals surface area contributed by atoms with E-state index in [0.29, 0.717) is 0 Å². The van der Waals surface area contributed by atoms with Crippen LogP contribution in [0.2, 0.25) is 0 Å². The summed E-state index contributed by atoms with van der Waals surface area (Å²) in [5.74, 6) is 2.26. The van der Waals surface area contributed by atoms with Crippen molar-refractivity contribution in [3.8, 4) is 0 Å². The van der Waals surface area contributed by atoms with Gasteiger partial charge in [0.2, 0.25) is 0 Å². The number of amidine groups is 2. The molecule has 0 saturated carbocycles. The second-order valence-corrected chi connectivity index (χ2v) is 7.49. The summed E-state index contributed by atoms with van der Waals surface area (Å²) >= 11 is 1.90. The van der Waals surface area contributed by atoms with Crippen molar-refractivity contribution in [2.75, 3.05) is 13.1 Å². The van der Waals surface area contributed by atoms with E-state index in [2.05, 4.69) is 35.2 Å². The lowest BCUT2D eigenvalue weighted by molar-refractivity contribution is 0.546.